The van der Waals surface area contributed by atoms with Gasteiger partial charge in [-0.2, -0.15) is 0 Å². The first kappa shape index (κ1) is 30.6. The van der Waals surface area contributed by atoms with Gasteiger partial charge in [0.05, 0.1) is 0 Å². The number of hydrogen-bond donors (Lipinski definition) is 0. The van der Waals surface area contributed by atoms with Gasteiger partial charge < -0.3 is 4.42 Å². The molecule has 0 atom stereocenters. The number of rotatable bonds is 6. The third-order valence-electron chi connectivity index (χ3n) is 9.92. The van der Waals surface area contributed by atoms with Gasteiger partial charge in [-0.1, -0.05) is 152 Å². The zero-order valence-electron chi connectivity index (χ0n) is 28.6. The van der Waals surface area contributed by atoms with Gasteiger partial charge in [0.2, 0.25) is 0 Å². The van der Waals surface area contributed by atoms with Crippen LogP contribution < -0.4 is 0 Å². The van der Waals surface area contributed by atoms with E-state index in [-0.39, 0.29) is 0 Å². The third-order valence-corrected chi connectivity index (χ3v) is 9.92. The second-order valence-corrected chi connectivity index (χ2v) is 13.2. The molecule has 0 saturated carbocycles. The monoisotopic (exact) mass is 677 g/mol. The minimum atomic E-state index is 0.582. The van der Waals surface area contributed by atoms with Gasteiger partial charge in [0.15, 0.2) is 17.5 Å². The molecule has 10 rings (SSSR count). The smallest absolute Gasteiger partial charge is 0.164 e. The summed E-state index contributed by atoms with van der Waals surface area (Å²) < 4.78 is 6.52. The summed E-state index contributed by atoms with van der Waals surface area (Å²) in [5, 5.41) is 4.28. The number of furan rings is 1. The molecular formula is C49H31N3O. The van der Waals surface area contributed by atoms with Crippen LogP contribution in [0.25, 0.3) is 100 Å². The molecule has 0 N–H and O–H groups in total. The molecule has 248 valence electrons. The van der Waals surface area contributed by atoms with E-state index in [0.717, 1.165) is 82.8 Å². The fourth-order valence-corrected chi connectivity index (χ4v) is 7.31. The molecule has 4 heteroatoms. The van der Waals surface area contributed by atoms with E-state index >= 15 is 0 Å². The molecule has 0 bridgehead atoms. The predicted molar refractivity (Wildman–Crippen MR) is 217 cm³/mol. The quantitative estimate of drug-likeness (QED) is 0.176. The van der Waals surface area contributed by atoms with Crippen LogP contribution in [0.1, 0.15) is 0 Å². The first-order valence-corrected chi connectivity index (χ1v) is 17.8. The number of nitrogens with zero attached hydrogens (tertiary/aromatic N) is 3. The first-order valence-electron chi connectivity index (χ1n) is 17.8. The standard InChI is InChI=1S/C49H31N3O/c1-4-14-32(15-5-1)37-26-27-40(42(29-37)35-19-8-3-9-20-35)48-50-47(38-25-24-34-18-10-11-21-36(34)28-38)51-49(52-48)43-30-39(33-16-6-2-7-17-33)31-45-46(43)41-22-12-13-23-44(41)53-45/h1-31H. The highest BCUT2D eigenvalue weighted by atomic mass is 16.3. The van der Waals surface area contributed by atoms with Gasteiger partial charge in [0.25, 0.3) is 0 Å². The van der Waals surface area contributed by atoms with Crippen LogP contribution in [0.5, 0.6) is 0 Å². The van der Waals surface area contributed by atoms with Gasteiger partial charge in [0.1, 0.15) is 11.2 Å². The van der Waals surface area contributed by atoms with E-state index < -0.39 is 0 Å². The van der Waals surface area contributed by atoms with Crippen molar-refractivity contribution in [2.75, 3.05) is 0 Å². The van der Waals surface area contributed by atoms with E-state index in [9.17, 15) is 0 Å². The number of benzene rings is 8. The highest BCUT2D eigenvalue weighted by Gasteiger charge is 2.21. The minimum absolute atomic E-state index is 0.582. The molecule has 0 fully saturated rings. The molecule has 2 heterocycles. The normalized spacial score (nSPS) is 11.4. The molecule has 53 heavy (non-hydrogen) atoms. The Kier molecular flexibility index (Phi) is 7.43. The predicted octanol–water partition coefficient (Wildman–Crippen LogP) is 12.9. The molecule has 10 aromatic rings. The average Bonchev–Trinajstić information content (AvgIpc) is 3.62. The zero-order valence-corrected chi connectivity index (χ0v) is 28.6. The largest absolute Gasteiger partial charge is 0.456 e. The second kappa shape index (κ2) is 12.9. The minimum Gasteiger partial charge on any atom is -0.456 e. The summed E-state index contributed by atoms with van der Waals surface area (Å²) in [6.45, 7) is 0. The molecule has 0 spiro atoms. The molecule has 0 amide bonds. The lowest BCUT2D eigenvalue weighted by Crippen LogP contribution is -2.02. The zero-order chi connectivity index (χ0) is 35.1. The Morgan fingerprint density at radius 2 is 0.868 bits per heavy atom. The van der Waals surface area contributed by atoms with Crippen molar-refractivity contribution in [3.63, 3.8) is 0 Å². The van der Waals surface area contributed by atoms with Gasteiger partial charge in [-0.05, 0) is 80.6 Å². The van der Waals surface area contributed by atoms with Crippen molar-refractivity contribution in [1.82, 2.24) is 15.0 Å². The Morgan fingerprint density at radius 3 is 1.62 bits per heavy atom. The lowest BCUT2D eigenvalue weighted by atomic mass is 9.94. The lowest BCUT2D eigenvalue weighted by Gasteiger charge is -2.15. The Bertz CT molecular complexity index is 2940. The second-order valence-electron chi connectivity index (χ2n) is 13.2. The molecule has 0 aliphatic heterocycles. The van der Waals surface area contributed by atoms with Crippen LogP contribution >= 0.6 is 0 Å². The Morgan fingerprint density at radius 1 is 0.302 bits per heavy atom. The number of hydrogen-bond acceptors (Lipinski definition) is 4. The summed E-state index contributed by atoms with van der Waals surface area (Å²) in [6, 6.07) is 65.2. The van der Waals surface area contributed by atoms with Gasteiger partial charge in [-0.15, -0.1) is 0 Å². The fourth-order valence-electron chi connectivity index (χ4n) is 7.31. The van der Waals surface area contributed by atoms with Gasteiger partial charge in [-0.3, -0.25) is 0 Å². The highest BCUT2D eigenvalue weighted by molar-refractivity contribution is 6.13. The SMILES string of the molecule is c1ccc(-c2ccc(-c3nc(-c4ccc5ccccc5c4)nc(-c4cc(-c5ccccc5)cc5oc6ccccc6c45)n3)c(-c3ccccc3)c2)cc1. The van der Waals surface area contributed by atoms with Crippen LogP contribution in [-0.2, 0) is 0 Å². The molecule has 0 unspecified atom stereocenters. The number of aromatic nitrogens is 3. The van der Waals surface area contributed by atoms with Gasteiger partial charge in [-0.25, -0.2) is 15.0 Å². The van der Waals surface area contributed by atoms with E-state index in [2.05, 4.69) is 152 Å². The van der Waals surface area contributed by atoms with Crippen LogP contribution in [0, 0.1) is 0 Å². The average molecular weight is 678 g/mol. The Balaban J connectivity index is 1.27. The van der Waals surface area contributed by atoms with Crippen molar-refractivity contribution in [1.29, 1.82) is 0 Å². The Hall–Kier alpha value is -7.17. The maximum Gasteiger partial charge on any atom is 0.164 e. The van der Waals surface area contributed by atoms with Crippen LogP contribution in [0.15, 0.2) is 192 Å². The molecule has 4 nitrogen and oxygen atoms in total. The van der Waals surface area contributed by atoms with Crippen molar-refractivity contribution in [3.05, 3.63) is 188 Å². The molecular weight excluding hydrogens is 647 g/mol. The van der Waals surface area contributed by atoms with Crippen LogP contribution in [0.4, 0.5) is 0 Å². The van der Waals surface area contributed by atoms with E-state index in [4.69, 9.17) is 19.4 Å². The van der Waals surface area contributed by atoms with E-state index in [1.807, 2.05) is 36.4 Å². The summed E-state index contributed by atoms with van der Waals surface area (Å²) in [7, 11) is 0. The van der Waals surface area contributed by atoms with Crippen LogP contribution in [0.3, 0.4) is 0 Å². The summed E-state index contributed by atoms with van der Waals surface area (Å²) in [5.74, 6) is 1.79. The van der Waals surface area contributed by atoms with E-state index in [1.54, 1.807) is 0 Å². The van der Waals surface area contributed by atoms with Crippen molar-refractivity contribution in [2.45, 2.75) is 0 Å². The molecule has 0 aliphatic carbocycles. The topological polar surface area (TPSA) is 51.8 Å². The molecule has 2 aromatic heterocycles. The van der Waals surface area contributed by atoms with Crippen molar-refractivity contribution in [3.8, 4) is 67.5 Å². The number of para-hydroxylation sites is 1. The van der Waals surface area contributed by atoms with E-state index in [0.29, 0.717) is 17.5 Å². The molecule has 8 aromatic carbocycles. The fraction of sp³-hybridized carbons (Fsp3) is 0. The number of fused-ring (bicyclic) bond motifs is 4. The molecule has 0 radical (unpaired) electrons. The molecule has 0 aliphatic rings. The maximum atomic E-state index is 6.52. The van der Waals surface area contributed by atoms with E-state index in [1.165, 1.54) is 0 Å². The summed E-state index contributed by atoms with van der Waals surface area (Å²) in [5.41, 5.74) is 10.9. The van der Waals surface area contributed by atoms with Gasteiger partial charge >= 0.3 is 0 Å². The third kappa shape index (κ3) is 5.63. The highest BCUT2D eigenvalue weighted by Crippen LogP contribution is 2.41. The Labute approximate surface area is 306 Å². The van der Waals surface area contributed by atoms with Crippen LogP contribution in [-0.4, -0.2) is 15.0 Å². The maximum absolute atomic E-state index is 6.52. The van der Waals surface area contributed by atoms with Crippen molar-refractivity contribution >= 4 is 32.7 Å². The lowest BCUT2D eigenvalue weighted by molar-refractivity contribution is 0.669. The summed E-state index contributed by atoms with van der Waals surface area (Å²) in [4.78, 5) is 15.9. The van der Waals surface area contributed by atoms with Crippen molar-refractivity contribution < 1.29 is 4.42 Å². The van der Waals surface area contributed by atoms with Crippen molar-refractivity contribution in [2.24, 2.45) is 0 Å². The summed E-state index contributed by atoms with van der Waals surface area (Å²) in [6.07, 6.45) is 0. The van der Waals surface area contributed by atoms with Gasteiger partial charge in [0, 0.05) is 27.5 Å². The molecule has 0 saturated heterocycles. The summed E-state index contributed by atoms with van der Waals surface area (Å²) >= 11 is 0. The first-order chi connectivity index (χ1) is 26.2. The van der Waals surface area contributed by atoms with Crippen LogP contribution in [0.2, 0.25) is 0 Å².